The van der Waals surface area contributed by atoms with Gasteiger partial charge in [0.1, 0.15) is 5.75 Å². The maximum absolute atomic E-state index is 5.82. The van der Waals surface area contributed by atoms with Crippen molar-refractivity contribution in [3.8, 4) is 5.75 Å². The molecule has 0 spiro atoms. The number of alkyl halides is 1. The minimum Gasteiger partial charge on any atom is -0.496 e. The number of hydrogen-bond donors (Lipinski definition) is 1. The summed E-state index contributed by atoms with van der Waals surface area (Å²) in [5, 5.41) is 3.24. The Labute approximate surface area is 97.1 Å². The highest BCUT2D eigenvalue weighted by molar-refractivity contribution is 7.81. The lowest BCUT2D eigenvalue weighted by atomic mass is 10.2. The molecule has 0 bridgehead atoms. The molecule has 2 rings (SSSR count). The first-order chi connectivity index (χ1) is 6.77. The average Bonchev–Trinajstić information content (AvgIpc) is 2.62. The van der Waals surface area contributed by atoms with Crippen molar-refractivity contribution in [3.05, 3.63) is 23.1 Å². The van der Waals surface area contributed by atoms with Crippen molar-refractivity contribution in [1.82, 2.24) is 0 Å². The van der Waals surface area contributed by atoms with Crippen LogP contribution in [0.4, 0.5) is 0 Å². The lowest BCUT2D eigenvalue weighted by Crippen LogP contribution is -1.84. The lowest BCUT2D eigenvalue weighted by molar-refractivity contribution is 0.406. The fraction of sp³-hybridized carbons (Fsp3) is 0.200. The number of halogens is 1. The van der Waals surface area contributed by atoms with E-state index in [4.69, 9.17) is 16.3 Å². The van der Waals surface area contributed by atoms with Crippen molar-refractivity contribution in [1.29, 1.82) is 0 Å². The van der Waals surface area contributed by atoms with Crippen LogP contribution in [0.5, 0.6) is 5.75 Å². The van der Waals surface area contributed by atoms with E-state index in [0.717, 1.165) is 20.9 Å². The van der Waals surface area contributed by atoms with Crippen LogP contribution in [0.25, 0.3) is 10.1 Å². The molecule has 0 N–H and O–H groups in total. The Hall–Kier alpha value is -0.380. The number of ether oxygens (including phenoxy) is 1. The standard InChI is InChI=1S/C10H9ClOS2/c1-12-8-3-2-7-6(4-11)5-14-10(7)9(8)13/h2-3,5,13H,4H2,1H3. The van der Waals surface area contributed by atoms with Crippen LogP contribution >= 0.6 is 35.6 Å². The second-order valence-electron chi connectivity index (χ2n) is 2.89. The number of hydrogen-bond acceptors (Lipinski definition) is 3. The molecule has 2 aromatic rings. The molecule has 1 aromatic carbocycles. The highest BCUT2D eigenvalue weighted by Gasteiger charge is 2.09. The van der Waals surface area contributed by atoms with Crippen molar-refractivity contribution in [2.45, 2.75) is 10.8 Å². The van der Waals surface area contributed by atoms with Gasteiger partial charge in [0.15, 0.2) is 0 Å². The van der Waals surface area contributed by atoms with E-state index in [1.807, 2.05) is 12.1 Å². The summed E-state index contributed by atoms with van der Waals surface area (Å²) in [4.78, 5) is 0.895. The molecular formula is C10H9ClOS2. The van der Waals surface area contributed by atoms with Gasteiger partial charge in [-0.1, -0.05) is 0 Å². The predicted molar refractivity (Wildman–Crippen MR) is 65.2 cm³/mol. The van der Waals surface area contributed by atoms with Gasteiger partial charge in [-0.05, 0) is 28.5 Å². The molecule has 0 amide bonds. The highest BCUT2D eigenvalue weighted by atomic mass is 35.5. The third kappa shape index (κ3) is 1.49. The molecule has 1 aromatic heterocycles. The van der Waals surface area contributed by atoms with E-state index in [-0.39, 0.29) is 0 Å². The van der Waals surface area contributed by atoms with Gasteiger partial charge in [-0.15, -0.1) is 35.6 Å². The number of thiol groups is 1. The van der Waals surface area contributed by atoms with E-state index in [9.17, 15) is 0 Å². The fourth-order valence-corrected chi connectivity index (χ4v) is 3.15. The van der Waals surface area contributed by atoms with Crippen LogP contribution in [0.2, 0.25) is 0 Å². The summed E-state index contributed by atoms with van der Waals surface area (Å²) in [6.45, 7) is 0. The van der Waals surface area contributed by atoms with E-state index >= 15 is 0 Å². The SMILES string of the molecule is COc1ccc2c(CCl)csc2c1S. The largest absolute Gasteiger partial charge is 0.496 e. The Morgan fingerprint density at radius 3 is 2.93 bits per heavy atom. The minimum atomic E-state index is 0.541. The predicted octanol–water partition coefficient (Wildman–Crippen LogP) is 3.94. The average molecular weight is 245 g/mol. The van der Waals surface area contributed by atoms with Gasteiger partial charge >= 0.3 is 0 Å². The Morgan fingerprint density at radius 2 is 2.29 bits per heavy atom. The monoisotopic (exact) mass is 244 g/mol. The molecule has 74 valence electrons. The summed E-state index contributed by atoms with van der Waals surface area (Å²) in [5.74, 6) is 1.35. The van der Waals surface area contributed by atoms with Crippen LogP contribution in [0, 0.1) is 0 Å². The normalized spacial score (nSPS) is 10.8. The molecule has 0 unspecified atom stereocenters. The second-order valence-corrected chi connectivity index (χ2v) is 4.48. The van der Waals surface area contributed by atoms with E-state index in [0.29, 0.717) is 5.88 Å². The summed E-state index contributed by atoms with van der Waals surface area (Å²) in [5.41, 5.74) is 1.16. The van der Waals surface area contributed by atoms with Crippen molar-refractivity contribution < 1.29 is 4.74 Å². The zero-order chi connectivity index (χ0) is 10.1. The van der Waals surface area contributed by atoms with E-state index < -0.39 is 0 Å². The zero-order valence-corrected chi connectivity index (χ0v) is 10.0. The molecule has 14 heavy (non-hydrogen) atoms. The Morgan fingerprint density at radius 1 is 1.50 bits per heavy atom. The van der Waals surface area contributed by atoms with Crippen LogP contribution in [-0.4, -0.2) is 7.11 Å². The summed E-state index contributed by atoms with van der Waals surface area (Å²) < 4.78 is 6.34. The number of rotatable bonds is 2. The van der Waals surface area contributed by atoms with Crippen LogP contribution in [0.1, 0.15) is 5.56 Å². The Balaban J connectivity index is 2.72. The number of benzene rings is 1. The first kappa shape index (κ1) is 10.1. The van der Waals surface area contributed by atoms with Crippen molar-refractivity contribution >= 4 is 45.7 Å². The van der Waals surface area contributed by atoms with Gasteiger partial charge in [0.05, 0.1) is 16.7 Å². The molecular weight excluding hydrogens is 236 g/mol. The van der Waals surface area contributed by atoms with Gasteiger partial charge in [0, 0.05) is 5.88 Å². The van der Waals surface area contributed by atoms with Gasteiger partial charge < -0.3 is 4.74 Å². The summed E-state index contributed by atoms with van der Waals surface area (Å²) in [6, 6.07) is 3.95. The molecule has 4 heteroatoms. The van der Waals surface area contributed by atoms with Gasteiger partial charge in [-0.3, -0.25) is 0 Å². The van der Waals surface area contributed by atoms with Gasteiger partial charge in [-0.2, -0.15) is 0 Å². The molecule has 0 saturated heterocycles. The van der Waals surface area contributed by atoms with Crippen LogP contribution in [-0.2, 0) is 5.88 Å². The van der Waals surface area contributed by atoms with Gasteiger partial charge in [-0.25, -0.2) is 0 Å². The third-order valence-corrected chi connectivity index (χ3v) is 4.07. The molecule has 0 atom stereocenters. The van der Waals surface area contributed by atoms with E-state index in [2.05, 4.69) is 18.0 Å². The summed E-state index contributed by atoms with van der Waals surface area (Å²) in [7, 11) is 1.65. The fourth-order valence-electron chi connectivity index (χ4n) is 1.39. The molecule has 0 aliphatic rings. The zero-order valence-electron chi connectivity index (χ0n) is 7.58. The first-order valence-electron chi connectivity index (χ1n) is 4.10. The molecule has 0 saturated carbocycles. The molecule has 0 aliphatic heterocycles. The van der Waals surface area contributed by atoms with Crippen LogP contribution in [0.3, 0.4) is 0 Å². The Bertz CT molecular complexity index is 464. The maximum Gasteiger partial charge on any atom is 0.133 e. The van der Waals surface area contributed by atoms with Gasteiger partial charge in [0.2, 0.25) is 0 Å². The first-order valence-corrected chi connectivity index (χ1v) is 5.96. The van der Waals surface area contributed by atoms with Crippen LogP contribution in [0.15, 0.2) is 22.4 Å². The van der Waals surface area contributed by atoms with Crippen molar-refractivity contribution in [3.63, 3.8) is 0 Å². The molecule has 1 nitrogen and oxygen atoms in total. The smallest absolute Gasteiger partial charge is 0.133 e. The van der Waals surface area contributed by atoms with Crippen molar-refractivity contribution in [2.24, 2.45) is 0 Å². The summed E-state index contributed by atoms with van der Waals surface area (Å²) >= 11 is 11.9. The van der Waals surface area contributed by atoms with Crippen molar-refractivity contribution in [2.75, 3.05) is 7.11 Å². The molecule has 1 heterocycles. The minimum absolute atomic E-state index is 0.541. The lowest BCUT2D eigenvalue weighted by Gasteiger charge is -2.04. The topological polar surface area (TPSA) is 9.23 Å². The second kappa shape index (κ2) is 4.01. The number of thiophene rings is 1. The molecule has 0 fully saturated rings. The van der Waals surface area contributed by atoms with E-state index in [1.165, 1.54) is 5.39 Å². The number of methoxy groups -OCH3 is 1. The number of fused-ring (bicyclic) bond motifs is 1. The summed E-state index contributed by atoms with van der Waals surface area (Å²) in [6.07, 6.45) is 0. The maximum atomic E-state index is 5.82. The molecule has 0 radical (unpaired) electrons. The van der Waals surface area contributed by atoms with Crippen LogP contribution < -0.4 is 4.74 Å². The van der Waals surface area contributed by atoms with Gasteiger partial charge in [0.25, 0.3) is 0 Å². The van der Waals surface area contributed by atoms with E-state index in [1.54, 1.807) is 18.4 Å². The Kier molecular flexibility index (Phi) is 2.91. The molecule has 0 aliphatic carbocycles. The highest BCUT2D eigenvalue weighted by Crippen LogP contribution is 2.37. The quantitative estimate of drug-likeness (QED) is 0.622. The third-order valence-electron chi connectivity index (χ3n) is 2.12.